The van der Waals surface area contributed by atoms with E-state index < -0.39 is 10.0 Å². The van der Waals surface area contributed by atoms with Gasteiger partial charge in [0.2, 0.25) is 0 Å². The predicted octanol–water partition coefficient (Wildman–Crippen LogP) is 3.60. The maximum Gasteiger partial charge on any atom is 0.264 e. The molecule has 0 bridgehead atoms. The predicted molar refractivity (Wildman–Crippen MR) is 120 cm³/mol. The highest BCUT2D eigenvalue weighted by molar-refractivity contribution is 7.92. The minimum absolute atomic E-state index is 0.146. The minimum Gasteiger partial charge on any atom is -0.497 e. The van der Waals surface area contributed by atoms with Crippen molar-refractivity contribution in [2.75, 3.05) is 31.6 Å². The summed E-state index contributed by atoms with van der Waals surface area (Å²) in [5, 5.41) is 2.87. The van der Waals surface area contributed by atoms with Crippen molar-refractivity contribution in [1.82, 2.24) is 5.32 Å². The molecule has 0 aromatic heterocycles. The number of rotatable bonds is 10. The molecule has 0 heterocycles. The molecule has 0 aliphatic heterocycles. The number of nitrogens with one attached hydrogen (secondary N) is 1. The van der Waals surface area contributed by atoms with Crippen molar-refractivity contribution in [3.63, 3.8) is 0 Å². The van der Waals surface area contributed by atoms with E-state index in [9.17, 15) is 13.2 Å². The van der Waals surface area contributed by atoms with Crippen LogP contribution in [0.25, 0.3) is 0 Å². The molecule has 168 valence electrons. The summed E-state index contributed by atoms with van der Waals surface area (Å²) in [5.41, 5.74) is 0.819. The van der Waals surface area contributed by atoms with Crippen molar-refractivity contribution >= 4 is 21.6 Å². The van der Waals surface area contributed by atoms with Gasteiger partial charge >= 0.3 is 0 Å². The monoisotopic (exact) mass is 446 g/mol. The summed E-state index contributed by atoms with van der Waals surface area (Å²) in [6.07, 6.45) is 5.85. The zero-order valence-electron chi connectivity index (χ0n) is 18.0. The Morgan fingerprint density at radius 2 is 1.84 bits per heavy atom. The molecule has 2 aromatic rings. The smallest absolute Gasteiger partial charge is 0.264 e. The van der Waals surface area contributed by atoms with Gasteiger partial charge in [0.05, 0.1) is 23.8 Å². The van der Waals surface area contributed by atoms with E-state index in [-0.39, 0.29) is 10.8 Å². The van der Waals surface area contributed by atoms with E-state index in [2.05, 4.69) is 5.32 Å². The molecule has 1 aliphatic carbocycles. The quantitative estimate of drug-likeness (QED) is 0.564. The van der Waals surface area contributed by atoms with Gasteiger partial charge in [-0.25, -0.2) is 8.42 Å². The molecule has 3 rings (SSSR count). The Hall–Kier alpha value is -2.58. The largest absolute Gasteiger partial charge is 0.497 e. The lowest BCUT2D eigenvalue weighted by Gasteiger charge is -2.20. The lowest BCUT2D eigenvalue weighted by atomic mass is 10.2. The van der Waals surface area contributed by atoms with E-state index in [4.69, 9.17) is 9.47 Å². The Morgan fingerprint density at radius 3 is 2.52 bits per heavy atom. The normalized spacial score (nSPS) is 14.4. The van der Waals surface area contributed by atoms with Crippen molar-refractivity contribution in [3.8, 4) is 5.75 Å². The average Bonchev–Trinajstić information content (AvgIpc) is 3.32. The van der Waals surface area contributed by atoms with Crippen LogP contribution in [0.1, 0.15) is 42.5 Å². The number of carbonyl (C=O) groups is 1. The Kier molecular flexibility index (Phi) is 7.92. The van der Waals surface area contributed by atoms with Crippen LogP contribution in [0.5, 0.6) is 5.75 Å². The number of nitrogens with zero attached hydrogens (tertiary/aromatic N) is 1. The van der Waals surface area contributed by atoms with Gasteiger partial charge in [0.25, 0.3) is 15.9 Å². The zero-order valence-corrected chi connectivity index (χ0v) is 18.9. The number of benzene rings is 2. The summed E-state index contributed by atoms with van der Waals surface area (Å²) in [5.74, 6) is 0.340. The molecule has 1 aliphatic rings. The van der Waals surface area contributed by atoms with E-state index >= 15 is 0 Å². The highest BCUT2D eigenvalue weighted by Gasteiger charge is 2.22. The molecule has 31 heavy (non-hydrogen) atoms. The molecule has 7 nitrogen and oxygen atoms in total. The molecule has 1 amide bonds. The van der Waals surface area contributed by atoms with Gasteiger partial charge in [0.1, 0.15) is 5.75 Å². The van der Waals surface area contributed by atoms with Crippen LogP contribution in [0, 0.1) is 0 Å². The molecule has 0 saturated heterocycles. The van der Waals surface area contributed by atoms with Crippen LogP contribution < -0.4 is 14.4 Å². The fourth-order valence-corrected chi connectivity index (χ4v) is 4.76. The van der Waals surface area contributed by atoms with Crippen LogP contribution in [0.4, 0.5) is 5.69 Å². The summed E-state index contributed by atoms with van der Waals surface area (Å²) in [4.78, 5) is 12.6. The third kappa shape index (κ3) is 5.98. The standard InChI is InChI=1S/C23H30N2O5S/c1-25(31(27,28)22-13-11-20(29-2)12-14-22)19-8-5-7-18(17-19)23(26)24-15-6-16-30-21-9-3-4-10-21/h5,7-8,11-14,17,21H,3-4,6,9-10,15-16H2,1-2H3,(H,24,26). The molecule has 0 atom stereocenters. The Labute approximate surface area is 184 Å². The number of carbonyl (C=O) groups excluding carboxylic acids is 1. The molecule has 8 heteroatoms. The Bertz CT molecular complexity index is 970. The number of hydrogen-bond donors (Lipinski definition) is 1. The van der Waals surface area contributed by atoms with Crippen LogP contribution in [0.15, 0.2) is 53.4 Å². The highest BCUT2D eigenvalue weighted by Crippen LogP contribution is 2.24. The SMILES string of the molecule is COc1ccc(S(=O)(=O)N(C)c2cccc(C(=O)NCCCOC3CCCC3)c2)cc1. The maximum absolute atomic E-state index is 12.9. The van der Waals surface area contributed by atoms with Gasteiger partial charge in [-0.2, -0.15) is 0 Å². The van der Waals surface area contributed by atoms with Gasteiger partial charge in [-0.15, -0.1) is 0 Å². The minimum atomic E-state index is -3.76. The first kappa shape index (κ1) is 23.1. The second kappa shape index (κ2) is 10.6. The molecule has 1 N–H and O–H groups in total. The van der Waals surface area contributed by atoms with E-state index in [0.29, 0.717) is 36.3 Å². The fraction of sp³-hybridized carbons (Fsp3) is 0.435. The average molecular weight is 447 g/mol. The third-order valence-corrected chi connectivity index (χ3v) is 7.25. The third-order valence-electron chi connectivity index (χ3n) is 5.45. The number of methoxy groups -OCH3 is 1. The number of hydrogen-bond acceptors (Lipinski definition) is 5. The van der Waals surface area contributed by atoms with Crippen molar-refractivity contribution < 1.29 is 22.7 Å². The fourth-order valence-electron chi connectivity index (χ4n) is 3.57. The van der Waals surface area contributed by atoms with Crippen molar-refractivity contribution in [1.29, 1.82) is 0 Å². The van der Waals surface area contributed by atoms with Crippen LogP contribution in [0.2, 0.25) is 0 Å². The van der Waals surface area contributed by atoms with Crippen molar-refractivity contribution in [2.24, 2.45) is 0 Å². The molecule has 0 spiro atoms. The number of amides is 1. The van der Waals surface area contributed by atoms with Gasteiger partial charge in [-0.1, -0.05) is 18.9 Å². The molecular formula is C23H30N2O5S. The molecule has 0 radical (unpaired) electrons. The Balaban J connectivity index is 1.58. The van der Waals surface area contributed by atoms with Crippen molar-refractivity contribution in [3.05, 3.63) is 54.1 Å². The summed E-state index contributed by atoms with van der Waals surface area (Å²) in [7, 11) is -0.771. The topological polar surface area (TPSA) is 84.9 Å². The maximum atomic E-state index is 12.9. The van der Waals surface area contributed by atoms with E-state index in [0.717, 1.165) is 19.3 Å². The van der Waals surface area contributed by atoms with Gasteiger partial charge < -0.3 is 14.8 Å². The van der Waals surface area contributed by atoms with Crippen LogP contribution in [0.3, 0.4) is 0 Å². The van der Waals surface area contributed by atoms with Gasteiger partial charge in [-0.3, -0.25) is 9.10 Å². The molecule has 1 saturated carbocycles. The van der Waals surface area contributed by atoms with Crippen LogP contribution in [-0.2, 0) is 14.8 Å². The second-order valence-electron chi connectivity index (χ2n) is 7.59. The number of anilines is 1. The van der Waals surface area contributed by atoms with E-state index in [1.807, 2.05) is 0 Å². The summed E-state index contributed by atoms with van der Waals surface area (Å²) < 4.78 is 37.9. The summed E-state index contributed by atoms with van der Waals surface area (Å²) in [6, 6.07) is 12.8. The highest BCUT2D eigenvalue weighted by atomic mass is 32.2. The summed E-state index contributed by atoms with van der Waals surface area (Å²) >= 11 is 0. The van der Waals surface area contributed by atoms with E-state index in [1.165, 1.54) is 43.4 Å². The first-order valence-electron chi connectivity index (χ1n) is 10.5. The Morgan fingerprint density at radius 1 is 1.13 bits per heavy atom. The molecular weight excluding hydrogens is 416 g/mol. The lowest BCUT2D eigenvalue weighted by Crippen LogP contribution is -2.28. The number of sulfonamides is 1. The zero-order chi connectivity index (χ0) is 22.3. The van der Waals surface area contributed by atoms with Crippen LogP contribution in [-0.4, -0.2) is 47.7 Å². The van der Waals surface area contributed by atoms with Crippen molar-refractivity contribution in [2.45, 2.75) is 43.1 Å². The summed E-state index contributed by atoms with van der Waals surface area (Å²) in [6.45, 7) is 1.14. The molecule has 1 fully saturated rings. The van der Waals surface area contributed by atoms with Gasteiger partial charge in [0.15, 0.2) is 0 Å². The first-order valence-corrected chi connectivity index (χ1v) is 12.0. The van der Waals surface area contributed by atoms with Gasteiger partial charge in [0, 0.05) is 25.8 Å². The van der Waals surface area contributed by atoms with E-state index in [1.54, 1.807) is 36.4 Å². The second-order valence-corrected chi connectivity index (χ2v) is 9.55. The van der Waals surface area contributed by atoms with Gasteiger partial charge in [-0.05, 0) is 61.7 Å². The first-order chi connectivity index (χ1) is 14.9. The lowest BCUT2D eigenvalue weighted by molar-refractivity contribution is 0.0565. The number of ether oxygens (including phenoxy) is 2. The van der Waals surface area contributed by atoms with Crippen LogP contribution >= 0.6 is 0 Å². The molecule has 0 unspecified atom stereocenters. The molecule has 2 aromatic carbocycles.